The van der Waals surface area contributed by atoms with Crippen LogP contribution in [0, 0.1) is 0 Å². The van der Waals surface area contributed by atoms with Gasteiger partial charge in [-0.05, 0) is 30.3 Å². The predicted molar refractivity (Wildman–Crippen MR) is 95.1 cm³/mol. The van der Waals surface area contributed by atoms with Gasteiger partial charge in [-0.3, -0.25) is 4.79 Å². The Morgan fingerprint density at radius 1 is 1.17 bits per heavy atom. The van der Waals surface area contributed by atoms with E-state index in [0.717, 1.165) is 24.5 Å². The molecule has 0 atom stereocenters. The standard InChI is InChI=1S/C18H19ClN2O3/c19-14-4-3-5-15(12-14)24-13-18(22)20-16-6-1-2-7-17(16)21-8-10-23-11-9-21/h1-7,12H,8-11,13H2,(H,20,22). The zero-order valence-electron chi connectivity index (χ0n) is 13.2. The monoisotopic (exact) mass is 346 g/mol. The van der Waals surface area contributed by atoms with Gasteiger partial charge >= 0.3 is 0 Å². The van der Waals surface area contributed by atoms with E-state index in [4.69, 9.17) is 21.1 Å². The number of para-hydroxylation sites is 2. The largest absolute Gasteiger partial charge is 0.484 e. The number of benzene rings is 2. The lowest BCUT2D eigenvalue weighted by Crippen LogP contribution is -2.36. The first-order valence-corrected chi connectivity index (χ1v) is 8.20. The van der Waals surface area contributed by atoms with Gasteiger partial charge < -0.3 is 19.7 Å². The minimum atomic E-state index is -0.212. The maximum Gasteiger partial charge on any atom is 0.262 e. The van der Waals surface area contributed by atoms with Gasteiger partial charge in [0.25, 0.3) is 5.91 Å². The number of hydrogen-bond acceptors (Lipinski definition) is 4. The molecule has 1 N–H and O–H groups in total. The molecule has 3 rings (SSSR count). The van der Waals surface area contributed by atoms with Gasteiger partial charge in [0.05, 0.1) is 24.6 Å². The summed E-state index contributed by atoms with van der Waals surface area (Å²) in [5.74, 6) is 0.356. The van der Waals surface area contributed by atoms with Crippen LogP contribution >= 0.6 is 11.6 Å². The zero-order chi connectivity index (χ0) is 16.8. The van der Waals surface area contributed by atoms with Crippen LogP contribution in [0.2, 0.25) is 5.02 Å². The lowest BCUT2D eigenvalue weighted by Gasteiger charge is -2.30. The lowest BCUT2D eigenvalue weighted by atomic mass is 10.2. The Morgan fingerprint density at radius 3 is 2.75 bits per heavy atom. The Bertz CT molecular complexity index is 702. The normalized spacial score (nSPS) is 14.3. The Hall–Kier alpha value is -2.24. The summed E-state index contributed by atoms with van der Waals surface area (Å²) in [6.07, 6.45) is 0. The van der Waals surface area contributed by atoms with Crippen molar-refractivity contribution < 1.29 is 14.3 Å². The molecule has 0 spiro atoms. The number of nitrogens with one attached hydrogen (secondary N) is 1. The molecule has 0 unspecified atom stereocenters. The molecule has 1 fully saturated rings. The molecule has 2 aromatic rings. The third-order valence-corrected chi connectivity index (χ3v) is 3.93. The van der Waals surface area contributed by atoms with Crippen molar-refractivity contribution in [2.24, 2.45) is 0 Å². The summed E-state index contributed by atoms with van der Waals surface area (Å²) in [6.45, 7) is 2.94. The Morgan fingerprint density at radius 2 is 1.96 bits per heavy atom. The van der Waals surface area contributed by atoms with Crippen LogP contribution in [-0.4, -0.2) is 38.8 Å². The Labute approximate surface area is 146 Å². The van der Waals surface area contributed by atoms with Crippen molar-refractivity contribution in [2.75, 3.05) is 43.1 Å². The van der Waals surface area contributed by atoms with Crippen LogP contribution < -0.4 is 15.0 Å². The molecule has 126 valence electrons. The highest BCUT2D eigenvalue weighted by molar-refractivity contribution is 6.30. The number of rotatable bonds is 5. The van der Waals surface area contributed by atoms with Crippen LogP contribution in [0.5, 0.6) is 5.75 Å². The van der Waals surface area contributed by atoms with Crippen molar-refractivity contribution in [2.45, 2.75) is 0 Å². The average molecular weight is 347 g/mol. The van der Waals surface area contributed by atoms with Crippen molar-refractivity contribution in [1.29, 1.82) is 0 Å². The van der Waals surface area contributed by atoms with Crippen molar-refractivity contribution in [3.63, 3.8) is 0 Å². The van der Waals surface area contributed by atoms with E-state index in [1.165, 1.54) is 0 Å². The van der Waals surface area contributed by atoms with Crippen molar-refractivity contribution in [3.05, 3.63) is 53.6 Å². The second-order valence-corrected chi connectivity index (χ2v) is 5.85. The number of nitrogens with zero attached hydrogens (tertiary/aromatic N) is 1. The minimum absolute atomic E-state index is 0.0716. The van der Waals surface area contributed by atoms with Gasteiger partial charge in [0.1, 0.15) is 5.75 Å². The lowest BCUT2D eigenvalue weighted by molar-refractivity contribution is -0.118. The highest BCUT2D eigenvalue weighted by Crippen LogP contribution is 2.26. The molecule has 2 aromatic carbocycles. The molecular weight excluding hydrogens is 328 g/mol. The van der Waals surface area contributed by atoms with Crippen LogP contribution in [0.3, 0.4) is 0 Å². The number of morpholine rings is 1. The van der Waals surface area contributed by atoms with E-state index in [1.54, 1.807) is 24.3 Å². The van der Waals surface area contributed by atoms with Gasteiger partial charge in [0.2, 0.25) is 0 Å². The summed E-state index contributed by atoms with van der Waals surface area (Å²) in [7, 11) is 0. The van der Waals surface area contributed by atoms with Crippen LogP contribution in [-0.2, 0) is 9.53 Å². The van der Waals surface area contributed by atoms with E-state index in [1.807, 2.05) is 24.3 Å². The van der Waals surface area contributed by atoms with Crippen LogP contribution in [0.4, 0.5) is 11.4 Å². The second-order valence-electron chi connectivity index (χ2n) is 5.41. The molecule has 0 bridgehead atoms. The van der Waals surface area contributed by atoms with E-state index < -0.39 is 0 Å². The molecule has 0 radical (unpaired) electrons. The highest BCUT2D eigenvalue weighted by atomic mass is 35.5. The fourth-order valence-corrected chi connectivity index (χ4v) is 2.73. The number of carbonyl (C=O) groups is 1. The first kappa shape index (κ1) is 16.6. The molecule has 0 aromatic heterocycles. The van der Waals surface area contributed by atoms with Gasteiger partial charge in [-0.2, -0.15) is 0 Å². The molecule has 1 saturated heterocycles. The molecule has 6 heteroatoms. The van der Waals surface area contributed by atoms with Crippen LogP contribution in [0.1, 0.15) is 0 Å². The SMILES string of the molecule is O=C(COc1cccc(Cl)c1)Nc1ccccc1N1CCOCC1. The van der Waals surface area contributed by atoms with Gasteiger partial charge in [0, 0.05) is 18.1 Å². The van der Waals surface area contributed by atoms with Crippen molar-refractivity contribution in [3.8, 4) is 5.75 Å². The first-order chi connectivity index (χ1) is 11.7. The first-order valence-electron chi connectivity index (χ1n) is 7.82. The summed E-state index contributed by atoms with van der Waals surface area (Å²) >= 11 is 5.90. The summed E-state index contributed by atoms with van der Waals surface area (Å²) in [5, 5.41) is 3.49. The quantitative estimate of drug-likeness (QED) is 0.903. The number of ether oxygens (including phenoxy) is 2. The number of hydrogen-bond donors (Lipinski definition) is 1. The Balaban J connectivity index is 1.62. The number of carbonyl (C=O) groups excluding carboxylic acids is 1. The van der Waals surface area contributed by atoms with E-state index >= 15 is 0 Å². The van der Waals surface area contributed by atoms with E-state index in [-0.39, 0.29) is 12.5 Å². The molecule has 1 amide bonds. The van der Waals surface area contributed by atoms with Gasteiger partial charge in [-0.25, -0.2) is 0 Å². The molecular formula is C18H19ClN2O3. The third kappa shape index (κ3) is 4.40. The summed E-state index contributed by atoms with van der Waals surface area (Å²) in [6, 6.07) is 14.7. The highest BCUT2D eigenvalue weighted by Gasteiger charge is 2.15. The molecule has 0 aliphatic carbocycles. The van der Waals surface area contributed by atoms with Gasteiger partial charge in [-0.15, -0.1) is 0 Å². The fraction of sp³-hybridized carbons (Fsp3) is 0.278. The summed E-state index contributed by atoms with van der Waals surface area (Å²) in [4.78, 5) is 14.4. The summed E-state index contributed by atoms with van der Waals surface area (Å²) in [5.41, 5.74) is 1.77. The van der Waals surface area contributed by atoms with Crippen molar-refractivity contribution >= 4 is 28.9 Å². The van der Waals surface area contributed by atoms with Gasteiger partial charge in [-0.1, -0.05) is 29.8 Å². The van der Waals surface area contributed by atoms with E-state index in [9.17, 15) is 4.79 Å². The van der Waals surface area contributed by atoms with E-state index in [0.29, 0.717) is 24.0 Å². The Kier molecular flexibility index (Phi) is 5.56. The van der Waals surface area contributed by atoms with E-state index in [2.05, 4.69) is 10.2 Å². The maximum absolute atomic E-state index is 12.2. The molecule has 1 aliphatic heterocycles. The smallest absolute Gasteiger partial charge is 0.262 e. The minimum Gasteiger partial charge on any atom is -0.484 e. The van der Waals surface area contributed by atoms with Crippen LogP contribution in [0.25, 0.3) is 0 Å². The molecule has 1 heterocycles. The fourth-order valence-electron chi connectivity index (χ4n) is 2.55. The number of halogens is 1. The van der Waals surface area contributed by atoms with Crippen LogP contribution in [0.15, 0.2) is 48.5 Å². The maximum atomic E-state index is 12.2. The van der Waals surface area contributed by atoms with Crippen molar-refractivity contribution in [1.82, 2.24) is 0 Å². The second kappa shape index (κ2) is 8.04. The molecule has 1 aliphatic rings. The summed E-state index contributed by atoms with van der Waals surface area (Å²) < 4.78 is 10.9. The molecule has 0 saturated carbocycles. The zero-order valence-corrected chi connectivity index (χ0v) is 14.0. The topological polar surface area (TPSA) is 50.8 Å². The predicted octanol–water partition coefficient (Wildman–Crippen LogP) is 3.19. The molecule has 5 nitrogen and oxygen atoms in total. The third-order valence-electron chi connectivity index (χ3n) is 3.70. The van der Waals surface area contributed by atoms with Gasteiger partial charge in [0.15, 0.2) is 6.61 Å². The average Bonchev–Trinajstić information content (AvgIpc) is 2.61. The number of anilines is 2. The molecule has 24 heavy (non-hydrogen) atoms. The number of amides is 1.